The van der Waals surface area contributed by atoms with Crippen molar-refractivity contribution in [3.8, 4) is 11.4 Å². The summed E-state index contributed by atoms with van der Waals surface area (Å²) in [7, 11) is 0. The second kappa shape index (κ2) is 8.65. The SMILES string of the molecule is [Cl-].[H+].[O]=[Cr](=[O])=[O].c1ccc(-c2ccccn2)nc1. The van der Waals surface area contributed by atoms with E-state index < -0.39 is 14.0 Å². The molecule has 0 unspecified atom stereocenters. The molecule has 0 fully saturated rings. The van der Waals surface area contributed by atoms with Crippen molar-refractivity contribution in [1.82, 2.24) is 9.97 Å². The van der Waals surface area contributed by atoms with Gasteiger partial charge in [0.1, 0.15) is 0 Å². The fraction of sp³-hybridized carbons (Fsp3) is 0. The number of pyridine rings is 2. The largest absolute Gasteiger partial charge is 0.255 e. The van der Waals surface area contributed by atoms with Gasteiger partial charge in [0.25, 0.3) is 0 Å². The third kappa shape index (κ3) is 6.64. The van der Waals surface area contributed by atoms with E-state index in [0.717, 1.165) is 11.4 Å². The molecule has 0 aromatic carbocycles. The van der Waals surface area contributed by atoms with Crippen molar-refractivity contribution in [2.75, 3.05) is 0 Å². The van der Waals surface area contributed by atoms with Gasteiger partial charge < -0.3 is 12.4 Å². The summed E-state index contributed by atoms with van der Waals surface area (Å²) in [6.07, 6.45) is 3.54. The first-order chi connectivity index (χ1) is 7.70. The maximum Gasteiger partial charge on any atom is 0.0886 e. The fourth-order valence-electron chi connectivity index (χ4n) is 1.03. The second-order valence-corrected chi connectivity index (χ2v) is 3.27. The zero-order valence-electron chi connectivity index (χ0n) is 9.52. The molecule has 0 saturated heterocycles. The average molecular weight is 293 g/mol. The summed E-state index contributed by atoms with van der Waals surface area (Å²) in [4.78, 5) is 8.37. The predicted molar refractivity (Wildman–Crippen MR) is 50.6 cm³/mol. The van der Waals surface area contributed by atoms with Crippen molar-refractivity contribution in [3.05, 3.63) is 48.8 Å². The molecule has 0 N–H and O–H groups in total. The van der Waals surface area contributed by atoms with Crippen LogP contribution in [0.5, 0.6) is 0 Å². The molecule has 5 nitrogen and oxygen atoms in total. The van der Waals surface area contributed by atoms with Crippen molar-refractivity contribution >= 4 is 0 Å². The molecule has 0 aliphatic heterocycles. The molecule has 0 amide bonds. The van der Waals surface area contributed by atoms with Crippen LogP contribution in [0.2, 0.25) is 0 Å². The quantitative estimate of drug-likeness (QED) is 0.667. The molecule has 2 rings (SSSR count). The van der Waals surface area contributed by atoms with Crippen molar-refractivity contribution in [1.29, 1.82) is 0 Å². The molecular formula is C10H9ClCrN2O3. The minimum atomic E-state index is -3.79. The molecule has 0 aliphatic carbocycles. The molecule has 2 heterocycles. The molecule has 0 aliphatic rings. The Balaban J connectivity index is 0. The Morgan fingerprint density at radius 3 is 1.41 bits per heavy atom. The van der Waals surface area contributed by atoms with Crippen LogP contribution in [0.4, 0.5) is 0 Å². The van der Waals surface area contributed by atoms with E-state index in [1.807, 2.05) is 36.4 Å². The van der Waals surface area contributed by atoms with Gasteiger partial charge in [0.2, 0.25) is 0 Å². The van der Waals surface area contributed by atoms with Crippen molar-refractivity contribution in [2.24, 2.45) is 0 Å². The number of nitrogens with zero attached hydrogens (tertiary/aromatic N) is 2. The van der Waals surface area contributed by atoms with E-state index in [0.29, 0.717) is 0 Å². The summed E-state index contributed by atoms with van der Waals surface area (Å²) in [5.41, 5.74) is 1.83. The van der Waals surface area contributed by atoms with Crippen LogP contribution in [0.3, 0.4) is 0 Å². The van der Waals surface area contributed by atoms with Gasteiger partial charge in [-0.3, -0.25) is 9.97 Å². The standard InChI is InChI=1S/C10H8N2.ClH.Cr.3O/c1-3-7-11-9(5-1)10-6-2-4-8-12-10;;;;;/h1-8H;1H;;;;. The van der Waals surface area contributed by atoms with E-state index in [2.05, 4.69) is 9.97 Å². The topological polar surface area (TPSA) is 77.0 Å². The van der Waals surface area contributed by atoms with Gasteiger partial charge in [0.15, 0.2) is 0 Å². The van der Waals surface area contributed by atoms with Crippen molar-refractivity contribution in [2.45, 2.75) is 0 Å². The van der Waals surface area contributed by atoms with Gasteiger partial charge in [-0.05, 0) is 24.3 Å². The van der Waals surface area contributed by atoms with Gasteiger partial charge in [-0.25, -0.2) is 0 Å². The van der Waals surface area contributed by atoms with Crippen molar-refractivity contribution in [3.63, 3.8) is 0 Å². The zero-order chi connectivity index (χ0) is 11.8. The summed E-state index contributed by atoms with van der Waals surface area (Å²) in [5, 5.41) is 0. The minimum absolute atomic E-state index is 0. The van der Waals surface area contributed by atoms with Gasteiger partial charge in [0, 0.05) is 12.4 Å². The Hall–Kier alpha value is -1.48. The maximum absolute atomic E-state index is 8.54. The number of halogens is 1. The monoisotopic (exact) mass is 292 g/mol. The smallest absolute Gasteiger partial charge is 0.0886 e. The average Bonchev–Trinajstić information content (AvgIpc) is 2.31. The summed E-state index contributed by atoms with van der Waals surface area (Å²) in [6, 6.07) is 11.6. The van der Waals surface area contributed by atoms with Gasteiger partial charge >= 0.3 is 26.8 Å². The molecule has 0 bridgehead atoms. The number of rotatable bonds is 1. The van der Waals surface area contributed by atoms with Crippen molar-refractivity contribution < 1.29 is 39.2 Å². The van der Waals surface area contributed by atoms with Crippen LogP contribution < -0.4 is 12.4 Å². The second-order valence-electron chi connectivity index (χ2n) is 2.63. The summed E-state index contributed by atoms with van der Waals surface area (Å²) in [6.45, 7) is 0. The third-order valence-corrected chi connectivity index (χ3v) is 1.59. The Labute approximate surface area is 109 Å². The number of aromatic nitrogens is 2. The van der Waals surface area contributed by atoms with Crippen LogP contribution in [0.15, 0.2) is 48.8 Å². The summed E-state index contributed by atoms with van der Waals surface area (Å²) >= 11 is -3.79. The molecule has 2 aromatic heterocycles. The first-order valence-electron chi connectivity index (χ1n) is 4.29. The molecule has 0 spiro atoms. The van der Waals surface area contributed by atoms with E-state index in [-0.39, 0.29) is 13.8 Å². The van der Waals surface area contributed by atoms with E-state index in [9.17, 15) is 0 Å². The molecule has 17 heavy (non-hydrogen) atoms. The first kappa shape index (κ1) is 15.5. The van der Waals surface area contributed by atoms with Crippen LogP contribution in [-0.2, 0) is 25.4 Å². The van der Waals surface area contributed by atoms with Gasteiger partial charge in [0.05, 0.1) is 11.4 Å². The fourth-order valence-corrected chi connectivity index (χ4v) is 1.03. The Kier molecular flexibility index (Phi) is 7.90. The van der Waals surface area contributed by atoms with E-state index in [4.69, 9.17) is 11.4 Å². The third-order valence-electron chi connectivity index (χ3n) is 1.59. The minimum Gasteiger partial charge on any atom is -0.255 e. The summed E-state index contributed by atoms with van der Waals surface area (Å²) < 4.78 is 25.6. The molecule has 0 saturated carbocycles. The van der Waals surface area contributed by atoms with Crippen LogP contribution in [0, 0.1) is 0 Å². The normalized spacial score (nSPS) is 8.24. The Morgan fingerprint density at radius 2 is 1.18 bits per heavy atom. The van der Waals surface area contributed by atoms with Crippen LogP contribution in [-0.4, -0.2) is 9.97 Å². The molecule has 2 aromatic rings. The van der Waals surface area contributed by atoms with E-state index >= 15 is 0 Å². The predicted octanol–water partition coefficient (Wildman–Crippen LogP) is -1.10. The molecule has 7 heteroatoms. The van der Waals surface area contributed by atoms with Gasteiger partial charge in [-0.1, -0.05) is 12.1 Å². The molecule has 90 valence electrons. The molecular weight excluding hydrogens is 284 g/mol. The molecule has 0 radical (unpaired) electrons. The Morgan fingerprint density at radius 1 is 0.824 bits per heavy atom. The zero-order valence-corrected chi connectivity index (χ0v) is 10.6. The van der Waals surface area contributed by atoms with Crippen LogP contribution >= 0.6 is 0 Å². The molecule has 0 atom stereocenters. The maximum atomic E-state index is 8.54. The van der Waals surface area contributed by atoms with Gasteiger partial charge in [-0.15, -0.1) is 0 Å². The van der Waals surface area contributed by atoms with E-state index in [1.165, 1.54) is 0 Å². The van der Waals surface area contributed by atoms with Crippen LogP contribution in [0.25, 0.3) is 11.4 Å². The Bertz CT molecular complexity index is 493. The first-order valence-corrected chi connectivity index (χ1v) is 5.85. The van der Waals surface area contributed by atoms with Crippen LogP contribution in [0.1, 0.15) is 1.43 Å². The summed E-state index contributed by atoms with van der Waals surface area (Å²) in [5.74, 6) is 0. The number of hydrogen-bond donors (Lipinski definition) is 0. The van der Waals surface area contributed by atoms with E-state index in [1.54, 1.807) is 12.4 Å². The number of hydrogen-bond acceptors (Lipinski definition) is 5. The van der Waals surface area contributed by atoms with Gasteiger partial charge in [-0.2, -0.15) is 0 Å².